The Morgan fingerprint density at radius 1 is 1.55 bits per heavy atom. The van der Waals surface area contributed by atoms with Crippen LogP contribution < -0.4 is 9.88 Å². The van der Waals surface area contributed by atoms with E-state index in [1.165, 1.54) is 12.3 Å². The number of nitrogens with two attached hydrogens (primary N) is 1. The topological polar surface area (TPSA) is 91.5 Å². The van der Waals surface area contributed by atoms with E-state index in [0.29, 0.717) is 22.9 Å². The number of rotatable bonds is 5. The van der Waals surface area contributed by atoms with E-state index >= 15 is 0 Å². The standard InChI is InChI=1S/C12H17BrN2O4S/c13-11-6-10(20(14,16)17)7-15-12(11)19-5-3-9-2-1-4-18-8-9/h6-7,9H,1-5,8H2,(H2,14,16,17). The second-order valence-corrected chi connectivity index (χ2v) is 7.14. The van der Waals surface area contributed by atoms with Gasteiger partial charge < -0.3 is 9.47 Å². The summed E-state index contributed by atoms with van der Waals surface area (Å²) in [6.07, 6.45) is 4.34. The third-order valence-corrected chi connectivity index (χ3v) is 4.58. The van der Waals surface area contributed by atoms with E-state index < -0.39 is 10.0 Å². The van der Waals surface area contributed by atoms with Crippen LogP contribution in [0.3, 0.4) is 0 Å². The maximum Gasteiger partial charge on any atom is 0.239 e. The second kappa shape index (κ2) is 6.84. The summed E-state index contributed by atoms with van der Waals surface area (Å²) in [6.45, 7) is 2.15. The molecule has 2 N–H and O–H groups in total. The molecule has 112 valence electrons. The van der Waals surface area contributed by atoms with E-state index in [-0.39, 0.29) is 4.90 Å². The molecule has 6 nitrogen and oxygen atoms in total. The zero-order valence-electron chi connectivity index (χ0n) is 10.9. The SMILES string of the molecule is NS(=O)(=O)c1cnc(OCCC2CCCOC2)c(Br)c1. The molecule has 20 heavy (non-hydrogen) atoms. The average molecular weight is 365 g/mol. The van der Waals surface area contributed by atoms with Crippen LogP contribution in [0.4, 0.5) is 0 Å². The van der Waals surface area contributed by atoms with Crippen LogP contribution in [0.15, 0.2) is 21.6 Å². The van der Waals surface area contributed by atoms with Crippen LogP contribution in [-0.2, 0) is 14.8 Å². The molecule has 0 spiro atoms. The molecular formula is C12H17BrN2O4S. The zero-order valence-corrected chi connectivity index (χ0v) is 13.3. The van der Waals surface area contributed by atoms with E-state index in [2.05, 4.69) is 20.9 Å². The number of nitrogens with zero attached hydrogens (tertiary/aromatic N) is 1. The van der Waals surface area contributed by atoms with Gasteiger partial charge in [0.25, 0.3) is 0 Å². The summed E-state index contributed by atoms with van der Waals surface area (Å²) in [5, 5.41) is 5.03. The van der Waals surface area contributed by atoms with Crippen LogP contribution >= 0.6 is 15.9 Å². The van der Waals surface area contributed by atoms with Crippen LogP contribution in [-0.4, -0.2) is 33.2 Å². The fourth-order valence-electron chi connectivity index (χ4n) is 2.03. The molecule has 8 heteroatoms. The van der Waals surface area contributed by atoms with Crippen LogP contribution in [0.5, 0.6) is 5.88 Å². The third kappa shape index (κ3) is 4.41. The van der Waals surface area contributed by atoms with Gasteiger partial charge >= 0.3 is 0 Å². The second-order valence-electron chi connectivity index (χ2n) is 4.72. The van der Waals surface area contributed by atoms with Gasteiger partial charge in [-0.05, 0) is 47.2 Å². The van der Waals surface area contributed by atoms with E-state index in [9.17, 15) is 8.42 Å². The molecule has 1 aliphatic rings. The Morgan fingerprint density at radius 2 is 2.35 bits per heavy atom. The molecule has 1 saturated heterocycles. The number of sulfonamides is 1. The number of halogens is 1. The van der Waals surface area contributed by atoms with Crippen LogP contribution in [0.25, 0.3) is 0 Å². The third-order valence-electron chi connectivity index (χ3n) is 3.13. The first kappa shape index (κ1) is 15.7. The maximum absolute atomic E-state index is 11.2. The molecule has 2 heterocycles. The molecule has 1 aromatic heterocycles. The lowest BCUT2D eigenvalue weighted by molar-refractivity contribution is 0.0459. The van der Waals surface area contributed by atoms with E-state index in [1.807, 2.05) is 0 Å². The molecule has 1 aliphatic heterocycles. The van der Waals surface area contributed by atoms with Gasteiger partial charge in [-0.3, -0.25) is 0 Å². The predicted molar refractivity (Wildman–Crippen MR) is 77.0 cm³/mol. The molecule has 1 fully saturated rings. The first-order chi connectivity index (χ1) is 9.47. The number of ether oxygens (including phenoxy) is 2. The number of primary sulfonamides is 1. The van der Waals surface area contributed by atoms with Crippen molar-refractivity contribution in [2.75, 3.05) is 19.8 Å². The van der Waals surface area contributed by atoms with Gasteiger partial charge in [0.15, 0.2) is 0 Å². The molecular weight excluding hydrogens is 348 g/mol. The van der Waals surface area contributed by atoms with Gasteiger partial charge in [-0.15, -0.1) is 0 Å². The Bertz CT molecular complexity index is 559. The Kier molecular flexibility index (Phi) is 5.36. The summed E-state index contributed by atoms with van der Waals surface area (Å²) in [4.78, 5) is 3.92. The van der Waals surface area contributed by atoms with E-state index in [1.54, 1.807) is 0 Å². The Labute approximate surface area is 126 Å². The Hall–Kier alpha value is -0.700. The monoisotopic (exact) mass is 364 g/mol. The Balaban J connectivity index is 1.90. The van der Waals surface area contributed by atoms with Gasteiger partial charge in [0.2, 0.25) is 15.9 Å². The zero-order chi connectivity index (χ0) is 14.6. The number of hydrogen-bond donors (Lipinski definition) is 1. The van der Waals surface area contributed by atoms with Gasteiger partial charge in [-0.25, -0.2) is 18.5 Å². The summed E-state index contributed by atoms with van der Waals surface area (Å²) >= 11 is 3.23. The van der Waals surface area contributed by atoms with Crippen molar-refractivity contribution in [3.63, 3.8) is 0 Å². The highest BCUT2D eigenvalue weighted by atomic mass is 79.9. The van der Waals surface area contributed by atoms with Crippen LogP contribution in [0, 0.1) is 5.92 Å². The highest BCUT2D eigenvalue weighted by molar-refractivity contribution is 9.10. The fraction of sp³-hybridized carbons (Fsp3) is 0.583. The van der Waals surface area contributed by atoms with Crippen molar-refractivity contribution in [2.45, 2.75) is 24.2 Å². The normalized spacial score (nSPS) is 19.8. The minimum Gasteiger partial charge on any atom is -0.477 e. The quantitative estimate of drug-likeness (QED) is 0.857. The van der Waals surface area contributed by atoms with E-state index in [0.717, 1.165) is 32.5 Å². The van der Waals surface area contributed by atoms with Gasteiger partial charge in [0, 0.05) is 13.2 Å². The molecule has 1 atom stereocenters. The van der Waals surface area contributed by atoms with Crippen molar-refractivity contribution < 1.29 is 17.9 Å². The van der Waals surface area contributed by atoms with Crippen molar-refractivity contribution in [1.82, 2.24) is 4.98 Å². The molecule has 0 amide bonds. The van der Waals surface area contributed by atoms with Crippen molar-refractivity contribution in [2.24, 2.45) is 11.1 Å². The smallest absolute Gasteiger partial charge is 0.239 e. The van der Waals surface area contributed by atoms with Crippen molar-refractivity contribution >= 4 is 26.0 Å². The first-order valence-corrected chi connectivity index (χ1v) is 8.69. The molecule has 0 radical (unpaired) electrons. The Morgan fingerprint density at radius 3 is 2.95 bits per heavy atom. The number of pyridine rings is 1. The first-order valence-electron chi connectivity index (χ1n) is 6.35. The lowest BCUT2D eigenvalue weighted by Crippen LogP contribution is -2.19. The number of hydrogen-bond acceptors (Lipinski definition) is 5. The summed E-state index contributed by atoms with van der Waals surface area (Å²) in [7, 11) is -3.74. The molecule has 2 rings (SSSR count). The molecule has 0 bridgehead atoms. The summed E-state index contributed by atoms with van der Waals surface area (Å²) in [5.41, 5.74) is 0. The molecule has 0 saturated carbocycles. The number of aromatic nitrogens is 1. The summed E-state index contributed by atoms with van der Waals surface area (Å²) in [6, 6.07) is 1.39. The van der Waals surface area contributed by atoms with Crippen LogP contribution in [0.2, 0.25) is 0 Å². The molecule has 0 aromatic carbocycles. The fourth-order valence-corrected chi connectivity index (χ4v) is 3.12. The largest absolute Gasteiger partial charge is 0.477 e. The lowest BCUT2D eigenvalue weighted by atomic mass is 9.99. The van der Waals surface area contributed by atoms with Gasteiger partial charge in [-0.2, -0.15) is 0 Å². The van der Waals surface area contributed by atoms with Crippen LogP contribution in [0.1, 0.15) is 19.3 Å². The van der Waals surface area contributed by atoms with Crippen molar-refractivity contribution in [3.05, 3.63) is 16.7 Å². The lowest BCUT2D eigenvalue weighted by Gasteiger charge is -2.21. The van der Waals surface area contributed by atoms with Crippen molar-refractivity contribution in [3.8, 4) is 5.88 Å². The summed E-state index contributed by atoms with van der Waals surface area (Å²) in [5.74, 6) is 0.889. The van der Waals surface area contributed by atoms with Gasteiger partial charge in [-0.1, -0.05) is 0 Å². The highest BCUT2D eigenvalue weighted by Gasteiger charge is 2.15. The molecule has 0 aliphatic carbocycles. The predicted octanol–water partition coefficient (Wildman–Crippen LogP) is 1.69. The molecule has 1 unspecified atom stereocenters. The minimum atomic E-state index is -3.74. The summed E-state index contributed by atoms with van der Waals surface area (Å²) < 4.78 is 33.8. The van der Waals surface area contributed by atoms with Gasteiger partial charge in [0.05, 0.1) is 17.3 Å². The highest BCUT2D eigenvalue weighted by Crippen LogP contribution is 2.25. The molecule has 1 aromatic rings. The maximum atomic E-state index is 11.2. The van der Waals surface area contributed by atoms with Crippen molar-refractivity contribution in [1.29, 1.82) is 0 Å². The van der Waals surface area contributed by atoms with E-state index in [4.69, 9.17) is 14.6 Å². The average Bonchev–Trinajstić information content (AvgIpc) is 2.40. The van der Waals surface area contributed by atoms with Gasteiger partial charge in [0.1, 0.15) is 4.90 Å². The minimum absolute atomic E-state index is 0.0441.